The Morgan fingerprint density at radius 1 is 0.207 bits per heavy atom. The Hall–Kier alpha value is -9.60. The summed E-state index contributed by atoms with van der Waals surface area (Å²) in [6.45, 7) is 31.0. The third-order valence-electron chi connectivity index (χ3n) is 19.3. The summed E-state index contributed by atoms with van der Waals surface area (Å²) in [4.78, 5) is 0. The van der Waals surface area contributed by atoms with Crippen molar-refractivity contribution in [2.24, 2.45) is 0 Å². The number of phenols is 9. The first-order chi connectivity index (χ1) is 43.4. The summed E-state index contributed by atoms with van der Waals surface area (Å²) in [6.07, 6.45) is 0. The van der Waals surface area contributed by atoms with Crippen LogP contribution in [-0.2, 0) is 10.8 Å². The molecular formula is C83H88O9. The van der Waals surface area contributed by atoms with Crippen LogP contribution in [0.15, 0.2) is 170 Å². The van der Waals surface area contributed by atoms with Crippen LogP contribution in [0.4, 0.5) is 0 Å². The van der Waals surface area contributed by atoms with Crippen molar-refractivity contribution in [3.8, 4) is 119 Å². The molecule has 0 aliphatic carbocycles. The van der Waals surface area contributed by atoms with Gasteiger partial charge in [-0.15, -0.1) is 0 Å². The van der Waals surface area contributed by atoms with Crippen LogP contribution in [0.1, 0.15) is 201 Å². The number of phenolic OH excluding ortho intramolecular Hbond substituents is 9. The van der Waals surface area contributed by atoms with Crippen molar-refractivity contribution >= 4 is 0 Å². The molecule has 10 rings (SSSR count). The molecule has 0 fully saturated rings. The topological polar surface area (TPSA) is 182 Å². The first-order valence-corrected chi connectivity index (χ1v) is 32.1. The van der Waals surface area contributed by atoms with E-state index in [0.29, 0.717) is 77.9 Å². The van der Waals surface area contributed by atoms with Gasteiger partial charge in [0, 0.05) is 77.6 Å². The van der Waals surface area contributed by atoms with Gasteiger partial charge >= 0.3 is 0 Å². The van der Waals surface area contributed by atoms with Crippen molar-refractivity contribution in [1.82, 2.24) is 0 Å². The zero-order chi connectivity index (χ0) is 66.7. The van der Waals surface area contributed by atoms with Crippen molar-refractivity contribution in [1.29, 1.82) is 0 Å². The Morgan fingerprint density at radius 3 is 0.587 bits per heavy atom. The van der Waals surface area contributed by atoms with Gasteiger partial charge in [-0.3, -0.25) is 0 Å². The standard InChI is InChI=1S/C83H88O9/c1-44(2)50-16-26-73(84)61(32-50)67-38-58(39-68(79(67)90)62-33-51(45(3)4)17-27-74(62)85)82(13,14)56-22-24-57(25-23-56)83(15,59-40-69(63-34-52(46(5)6)18-28-75(63)86)80(91)70(41-59)64-35-53(47(7)8)19-29-76(64)87)60-42-71(65-36-54(48(9)10)20-30-77(65)88)81(92)72(43-60)66-37-55(49(11)12)21-31-78(66)89/h16-49,84-92H,1-15H3. The lowest BCUT2D eigenvalue weighted by Gasteiger charge is -2.35. The monoisotopic (exact) mass is 1230 g/mol. The second kappa shape index (κ2) is 25.2. The Labute approximate surface area is 542 Å². The van der Waals surface area contributed by atoms with Gasteiger partial charge in [0.1, 0.15) is 51.7 Å². The Balaban J connectivity index is 1.31. The van der Waals surface area contributed by atoms with Crippen molar-refractivity contribution < 1.29 is 46.0 Å². The van der Waals surface area contributed by atoms with E-state index in [-0.39, 0.29) is 87.3 Å². The van der Waals surface area contributed by atoms with E-state index in [4.69, 9.17) is 0 Å². The predicted molar refractivity (Wildman–Crippen MR) is 376 cm³/mol. The summed E-state index contributed by atoms with van der Waals surface area (Å²) in [5, 5.41) is 110. The molecule has 0 spiro atoms. The fraction of sp³-hybridized carbons (Fsp3) is 0.277. The van der Waals surface area contributed by atoms with Crippen LogP contribution >= 0.6 is 0 Å². The van der Waals surface area contributed by atoms with Gasteiger partial charge in [-0.1, -0.05) is 158 Å². The van der Waals surface area contributed by atoms with Crippen LogP contribution in [0, 0.1) is 0 Å². The van der Waals surface area contributed by atoms with E-state index in [2.05, 4.69) is 128 Å². The minimum atomic E-state index is -1.32. The quantitative estimate of drug-likeness (QED) is 0.0401. The number of benzene rings is 10. The van der Waals surface area contributed by atoms with E-state index in [1.165, 1.54) is 0 Å². The molecule has 10 aromatic carbocycles. The van der Waals surface area contributed by atoms with Gasteiger partial charge in [-0.25, -0.2) is 0 Å². The summed E-state index contributed by atoms with van der Waals surface area (Å²) in [6, 6.07) is 52.0. The van der Waals surface area contributed by atoms with Gasteiger partial charge < -0.3 is 46.0 Å². The molecule has 0 atom stereocenters. The van der Waals surface area contributed by atoms with Crippen molar-refractivity contribution in [3.05, 3.63) is 231 Å². The minimum Gasteiger partial charge on any atom is -0.507 e. The summed E-state index contributed by atoms with van der Waals surface area (Å²) < 4.78 is 0. The van der Waals surface area contributed by atoms with Gasteiger partial charge in [-0.05, 0) is 213 Å². The van der Waals surface area contributed by atoms with Gasteiger partial charge in [0.05, 0.1) is 0 Å². The molecule has 9 nitrogen and oxygen atoms in total. The molecule has 0 amide bonds. The van der Waals surface area contributed by atoms with Crippen LogP contribution in [0.5, 0.6) is 51.7 Å². The fourth-order valence-electron chi connectivity index (χ4n) is 12.7. The number of aromatic hydroxyl groups is 9. The summed E-state index contributed by atoms with van der Waals surface area (Å²) in [5.41, 5.74) is 11.4. The molecule has 0 saturated heterocycles. The van der Waals surface area contributed by atoms with Gasteiger partial charge in [0.2, 0.25) is 0 Å². The first kappa shape index (κ1) is 65.4. The lowest BCUT2D eigenvalue weighted by atomic mass is 9.68. The summed E-state index contributed by atoms with van der Waals surface area (Å²) >= 11 is 0. The average Bonchev–Trinajstić information content (AvgIpc) is 0.734. The first-order valence-electron chi connectivity index (χ1n) is 32.1. The number of hydrogen-bond acceptors (Lipinski definition) is 9. The Bertz CT molecular complexity index is 4040. The highest BCUT2D eigenvalue weighted by Crippen LogP contribution is 2.55. The maximum Gasteiger partial charge on any atom is 0.131 e. The summed E-state index contributed by atoms with van der Waals surface area (Å²) in [5.74, 6) is -0.275. The molecule has 0 saturated carbocycles. The molecular weight excluding hydrogens is 1140 g/mol. The molecule has 474 valence electrons. The number of rotatable bonds is 17. The van der Waals surface area contributed by atoms with Crippen molar-refractivity contribution in [2.75, 3.05) is 0 Å². The van der Waals surface area contributed by atoms with Crippen LogP contribution in [0.25, 0.3) is 66.8 Å². The van der Waals surface area contributed by atoms with E-state index in [1.54, 1.807) is 36.4 Å². The molecule has 92 heavy (non-hydrogen) atoms. The highest BCUT2D eigenvalue weighted by molar-refractivity contribution is 5.92. The third-order valence-corrected chi connectivity index (χ3v) is 19.3. The average molecular weight is 1230 g/mol. The number of hydrogen-bond donors (Lipinski definition) is 9. The van der Waals surface area contributed by atoms with Crippen LogP contribution in [0.2, 0.25) is 0 Å². The van der Waals surface area contributed by atoms with Gasteiger partial charge in [-0.2, -0.15) is 0 Å². The fourth-order valence-corrected chi connectivity index (χ4v) is 12.7. The molecule has 0 radical (unpaired) electrons. The van der Waals surface area contributed by atoms with Crippen LogP contribution in [-0.4, -0.2) is 46.0 Å². The van der Waals surface area contributed by atoms with Crippen molar-refractivity contribution in [2.45, 2.75) is 150 Å². The Morgan fingerprint density at radius 2 is 0.391 bits per heavy atom. The smallest absolute Gasteiger partial charge is 0.131 e. The second-order valence-corrected chi connectivity index (χ2v) is 27.7. The zero-order valence-electron chi connectivity index (χ0n) is 55.7. The molecule has 0 unspecified atom stereocenters. The maximum atomic E-state index is 12.9. The van der Waals surface area contributed by atoms with E-state index >= 15 is 0 Å². The zero-order valence-corrected chi connectivity index (χ0v) is 55.7. The molecule has 0 bridgehead atoms. The minimum absolute atomic E-state index is 0.00755. The maximum absolute atomic E-state index is 12.9. The molecule has 0 aliphatic heterocycles. The van der Waals surface area contributed by atoms with Gasteiger partial charge in [0.15, 0.2) is 0 Å². The van der Waals surface area contributed by atoms with E-state index in [9.17, 15) is 46.0 Å². The molecule has 10 aromatic rings. The third kappa shape index (κ3) is 12.1. The molecule has 9 heteroatoms. The van der Waals surface area contributed by atoms with Crippen LogP contribution in [0.3, 0.4) is 0 Å². The second-order valence-electron chi connectivity index (χ2n) is 27.7. The van der Waals surface area contributed by atoms with E-state index < -0.39 is 10.8 Å². The SMILES string of the molecule is CC(C)c1ccc(O)c(-c2cc(C(C)(C)c3ccc(C(C)(c4cc(-c5cc(C(C)C)ccc5O)c(O)c(-c5cc(C(C)C)ccc5O)c4)c4cc(-c5cc(C(C)C)ccc5O)c(O)c(-c5cc(C(C)C)ccc5O)c4)cc3)cc(-c3cc(C(C)C)ccc3O)c2O)c1. The van der Waals surface area contributed by atoms with Crippen molar-refractivity contribution in [3.63, 3.8) is 0 Å². The molecule has 9 N–H and O–H groups in total. The van der Waals surface area contributed by atoms with Crippen LogP contribution < -0.4 is 0 Å². The molecule has 0 heterocycles. The highest BCUT2D eigenvalue weighted by atomic mass is 16.3. The lowest BCUT2D eigenvalue weighted by Crippen LogP contribution is -2.27. The van der Waals surface area contributed by atoms with E-state index in [1.807, 2.05) is 109 Å². The summed E-state index contributed by atoms with van der Waals surface area (Å²) in [7, 11) is 0. The highest BCUT2D eigenvalue weighted by Gasteiger charge is 2.38. The Kier molecular flexibility index (Phi) is 17.9. The van der Waals surface area contributed by atoms with E-state index in [0.717, 1.165) is 50.1 Å². The normalized spacial score (nSPS) is 12.2. The van der Waals surface area contributed by atoms with Gasteiger partial charge in [0.25, 0.3) is 0 Å². The lowest BCUT2D eigenvalue weighted by molar-refractivity contribution is 0.466. The molecule has 0 aliphatic rings. The predicted octanol–water partition coefficient (Wildman–Crippen LogP) is 21.5. The largest absolute Gasteiger partial charge is 0.507 e. The molecule has 0 aromatic heterocycles.